The molecule has 0 unspecified atom stereocenters. The van der Waals surface area contributed by atoms with Crippen molar-refractivity contribution in [1.82, 2.24) is 0 Å². The SMILES string of the molecule is CN(C)c1ccccc1C(O)(c1ccccc1N(C)C)C(F)(F)F. The predicted octanol–water partition coefficient (Wildman–Crippen LogP) is 3.62. The molecule has 3 nitrogen and oxygen atoms in total. The summed E-state index contributed by atoms with van der Waals surface area (Å²) in [6, 6.07) is 12.0. The maximum atomic E-state index is 14.1. The molecule has 2 aromatic rings. The van der Waals surface area contributed by atoms with Crippen molar-refractivity contribution < 1.29 is 18.3 Å². The number of alkyl halides is 3. The van der Waals surface area contributed by atoms with Gasteiger partial charge in [-0.3, -0.25) is 0 Å². The van der Waals surface area contributed by atoms with Gasteiger partial charge in [-0.1, -0.05) is 36.4 Å². The van der Waals surface area contributed by atoms with Crippen LogP contribution in [0.4, 0.5) is 24.5 Å². The number of nitrogens with zero attached hydrogens (tertiary/aromatic N) is 2. The minimum absolute atomic E-state index is 0.197. The van der Waals surface area contributed by atoms with Gasteiger partial charge in [0.25, 0.3) is 0 Å². The van der Waals surface area contributed by atoms with E-state index < -0.39 is 11.8 Å². The molecule has 0 saturated heterocycles. The average Bonchev–Trinajstić information content (AvgIpc) is 2.52. The van der Waals surface area contributed by atoms with Crippen molar-refractivity contribution in [3.8, 4) is 0 Å². The molecule has 2 rings (SSSR count). The first kappa shape index (κ1) is 18.1. The van der Waals surface area contributed by atoms with Gasteiger partial charge in [0, 0.05) is 50.7 Å². The van der Waals surface area contributed by atoms with Crippen molar-refractivity contribution in [3.05, 3.63) is 59.7 Å². The van der Waals surface area contributed by atoms with E-state index >= 15 is 0 Å². The topological polar surface area (TPSA) is 26.7 Å². The Kier molecular flexibility index (Phi) is 4.80. The fraction of sp³-hybridized carbons (Fsp3) is 0.333. The normalized spacial score (nSPS) is 12.2. The van der Waals surface area contributed by atoms with Gasteiger partial charge in [0.2, 0.25) is 5.60 Å². The number of benzene rings is 2. The number of hydrogen-bond donors (Lipinski definition) is 1. The lowest BCUT2D eigenvalue weighted by molar-refractivity contribution is -0.248. The number of halogens is 3. The van der Waals surface area contributed by atoms with Crippen LogP contribution in [0.25, 0.3) is 0 Å². The molecular weight excluding hydrogens is 317 g/mol. The van der Waals surface area contributed by atoms with Gasteiger partial charge in [0.15, 0.2) is 0 Å². The van der Waals surface area contributed by atoms with Crippen molar-refractivity contribution in [1.29, 1.82) is 0 Å². The summed E-state index contributed by atoms with van der Waals surface area (Å²) in [5, 5.41) is 11.0. The van der Waals surface area contributed by atoms with Crippen LogP contribution in [0.2, 0.25) is 0 Å². The molecule has 0 aromatic heterocycles. The van der Waals surface area contributed by atoms with E-state index in [-0.39, 0.29) is 11.1 Å². The molecule has 0 amide bonds. The second-order valence-electron chi connectivity index (χ2n) is 6.03. The highest BCUT2D eigenvalue weighted by Gasteiger charge is 2.58. The van der Waals surface area contributed by atoms with Crippen molar-refractivity contribution in [2.75, 3.05) is 38.0 Å². The van der Waals surface area contributed by atoms with E-state index in [2.05, 4.69) is 0 Å². The Balaban J connectivity index is 2.85. The minimum Gasteiger partial charge on any atom is -0.377 e. The van der Waals surface area contributed by atoms with Crippen LogP contribution in [-0.2, 0) is 5.60 Å². The highest BCUT2D eigenvalue weighted by atomic mass is 19.4. The minimum atomic E-state index is -4.88. The summed E-state index contributed by atoms with van der Waals surface area (Å²) in [5.41, 5.74) is -2.89. The van der Waals surface area contributed by atoms with Crippen molar-refractivity contribution in [3.63, 3.8) is 0 Å². The monoisotopic (exact) mass is 338 g/mol. The van der Waals surface area contributed by atoms with Crippen LogP contribution in [0.15, 0.2) is 48.5 Å². The predicted molar refractivity (Wildman–Crippen MR) is 90.6 cm³/mol. The van der Waals surface area contributed by atoms with Gasteiger partial charge >= 0.3 is 6.18 Å². The smallest absolute Gasteiger partial charge is 0.377 e. The van der Waals surface area contributed by atoms with Gasteiger partial charge in [-0.25, -0.2) is 0 Å². The maximum Gasteiger partial charge on any atom is 0.425 e. The Morgan fingerprint density at radius 3 is 1.33 bits per heavy atom. The summed E-state index contributed by atoms with van der Waals surface area (Å²) in [6.45, 7) is 0. The number of aliphatic hydroxyl groups is 1. The largest absolute Gasteiger partial charge is 0.425 e. The molecule has 0 aliphatic carbocycles. The molecule has 2 aromatic carbocycles. The molecule has 130 valence electrons. The van der Waals surface area contributed by atoms with Crippen molar-refractivity contribution in [2.45, 2.75) is 11.8 Å². The van der Waals surface area contributed by atoms with Crippen molar-refractivity contribution >= 4 is 11.4 Å². The number of hydrogen-bond acceptors (Lipinski definition) is 3. The van der Waals surface area contributed by atoms with Crippen LogP contribution >= 0.6 is 0 Å². The molecule has 0 spiro atoms. The Labute approximate surface area is 139 Å². The first-order valence-corrected chi connectivity index (χ1v) is 7.43. The summed E-state index contributed by atoms with van der Waals surface area (Å²) < 4.78 is 42.2. The third kappa shape index (κ3) is 2.94. The van der Waals surface area contributed by atoms with Crippen LogP contribution in [-0.4, -0.2) is 39.5 Å². The van der Waals surface area contributed by atoms with Crippen LogP contribution in [0.3, 0.4) is 0 Å². The maximum absolute atomic E-state index is 14.1. The lowest BCUT2D eigenvalue weighted by Crippen LogP contribution is -2.45. The van der Waals surface area contributed by atoms with E-state index in [1.165, 1.54) is 24.3 Å². The summed E-state index contributed by atoms with van der Waals surface area (Å²) in [5.74, 6) is 0. The summed E-state index contributed by atoms with van der Waals surface area (Å²) in [4.78, 5) is 3.12. The number of para-hydroxylation sites is 2. The molecule has 24 heavy (non-hydrogen) atoms. The van der Waals surface area contributed by atoms with Crippen LogP contribution in [0.1, 0.15) is 11.1 Å². The first-order chi connectivity index (χ1) is 11.1. The molecule has 1 N–H and O–H groups in total. The Morgan fingerprint density at radius 2 is 1.04 bits per heavy atom. The van der Waals surface area contributed by atoms with E-state index in [1.54, 1.807) is 62.3 Å². The molecule has 0 radical (unpaired) electrons. The number of anilines is 2. The quantitative estimate of drug-likeness (QED) is 0.922. The van der Waals surface area contributed by atoms with Crippen LogP contribution < -0.4 is 9.80 Å². The van der Waals surface area contributed by atoms with Gasteiger partial charge in [0.05, 0.1) is 0 Å². The Hall–Kier alpha value is -2.21. The third-order valence-corrected chi connectivity index (χ3v) is 3.96. The molecule has 0 heterocycles. The highest BCUT2D eigenvalue weighted by molar-refractivity contribution is 5.64. The van der Waals surface area contributed by atoms with Crippen LogP contribution in [0, 0.1) is 0 Å². The average molecular weight is 338 g/mol. The van der Waals surface area contributed by atoms with E-state index in [9.17, 15) is 18.3 Å². The van der Waals surface area contributed by atoms with Gasteiger partial charge in [-0.15, -0.1) is 0 Å². The lowest BCUT2D eigenvalue weighted by atomic mass is 9.83. The summed E-state index contributed by atoms with van der Waals surface area (Å²) in [7, 11) is 6.59. The van der Waals surface area contributed by atoms with Gasteiger partial charge < -0.3 is 14.9 Å². The second-order valence-corrected chi connectivity index (χ2v) is 6.03. The van der Waals surface area contributed by atoms with Gasteiger partial charge in [0.1, 0.15) is 0 Å². The summed E-state index contributed by atoms with van der Waals surface area (Å²) >= 11 is 0. The second kappa shape index (κ2) is 6.36. The lowest BCUT2D eigenvalue weighted by Gasteiger charge is -2.36. The van der Waals surface area contributed by atoms with Gasteiger partial charge in [-0.05, 0) is 12.1 Å². The zero-order valence-electron chi connectivity index (χ0n) is 14.1. The zero-order chi connectivity index (χ0) is 18.1. The van der Waals surface area contributed by atoms with Crippen molar-refractivity contribution in [2.24, 2.45) is 0 Å². The third-order valence-electron chi connectivity index (χ3n) is 3.96. The van der Waals surface area contributed by atoms with Crippen LogP contribution in [0.5, 0.6) is 0 Å². The first-order valence-electron chi connectivity index (χ1n) is 7.43. The molecule has 0 saturated carbocycles. The van der Waals surface area contributed by atoms with E-state index in [1.807, 2.05) is 0 Å². The Morgan fingerprint density at radius 1 is 0.708 bits per heavy atom. The Bertz CT molecular complexity index is 660. The zero-order valence-corrected chi connectivity index (χ0v) is 14.1. The van der Waals surface area contributed by atoms with E-state index in [0.29, 0.717) is 11.4 Å². The molecule has 0 atom stereocenters. The molecule has 6 heteroatoms. The van der Waals surface area contributed by atoms with E-state index in [0.717, 1.165) is 0 Å². The molecular formula is C18H21F3N2O. The molecule has 0 bridgehead atoms. The number of rotatable bonds is 4. The fourth-order valence-electron chi connectivity index (χ4n) is 2.79. The highest BCUT2D eigenvalue weighted by Crippen LogP contribution is 2.49. The molecule has 0 fully saturated rings. The molecule has 0 aliphatic heterocycles. The standard InChI is InChI=1S/C18H21F3N2O/c1-22(2)15-11-7-5-9-13(15)17(24,18(19,20)21)14-10-6-8-12-16(14)23(3)4/h5-12,24H,1-4H3. The molecule has 0 aliphatic rings. The van der Waals surface area contributed by atoms with Gasteiger partial charge in [-0.2, -0.15) is 13.2 Å². The van der Waals surface area contributed by atoms with E-state index in [4.69, 9.17) is 0 Å². The fourth-order valence-corrected chi connectivity index (χ4v) is 2.79. The summed E-state index contributed by atoms with van der Waals surface area (Å²) in [6.07, 6.45) is -4.88.